The van der Waals surface area contributed by atoms with Gasteiger partial charge in [0.1, 0.15) is 6.61 Å². The van der Waals surface area contributed by atoms with Crippen LogP contribution in [0.2, 0.25) is 0 Å². The number of carbonyl (C=O) groups excluding carboxylic acids is 2. The number of benzene rings is 3. The van der Waals surface area contributed by atoms with Crippen LogP contribution in [0, 0.1) is 0 Å². The van der Waals surface area contributed by atoms with E-state index in [9.17, 15) is 22.8 Å². The van der Waals surface area contributed by atoms with Crippen molar-refractivity contribution in [1.82, 2.24) is 5.32 Å². The maximum Gasteiger partial charge on any atom is 0.416 e. The van der Waals surface area contributed by atoms with Crippen LogP contribution in [-0.4, -0.2) is 51.6 Å². The van der Waals surface area contributed by atoms with Gasteiger partial charge in [-0.3, -0.25) is 4.79 Å². The summed E-state index contributed by atoms with van der Waals surface area (Å²) in [5, 5.41) is 5.74. The summed E-state index contributed by atoms with van der Waals surface area (Å²) >= 11 is 0. The quantitative estimate of drug-likeness (QED) is 0.332. The summed E-state index contributed by atoms with van der Waals surface area (Å²) in [6.45, 7) is 1.33. The number of hydrogen-bond donors (Lipinski definition) is 2. The van der Waals surface area contributed by atoms with Crippen molar-refractivity contribution in [1.29, 1.82) is 0 Å². The molecular formula is C29H29F3N2O5. The van der Waals surface area contributed by atoms with E-state index in [1.165, 1.54) is 12.1 Å². The van der Waals surface area contributed by atoms with Crippen LogP contribution in [0.25, 0.3) is 11.1 Å². The molecule has 2 amide bonds. The van der Waals surface area contributed by atoms with Gasteiger partial charge in [0.05, 0.1) is 25.4 Å². The molecule has 0 radical (unpaired) electrons. The lowest BCUT2D eigenvalue weighted by atomic mass is 9.98. The Morgan fingerprint density at radius 1 is 0.897 bits per heavy atom. The number of halogens is 3. The first-order chi connectivity index (χ1) is 18.7. The van der Waals surface area contributed by atoms with Crippen LogP contribution < -0.4 is 10.6 Å². The number of carbonyl (C=O) groups is 2. The number of methoxy groups -OCH3 is 1. The maximum atomic E-state index is 13.1. The number of anilines is 1. The molecule has 1 aliphatic rings. The van der Waals surface area contributed by atoms with Gasteiger partial charge < -0.3 is 24.8 Å². The number of nitrogens with one attached hydrogen (secondary N) is 2. The van der Waals surface area contributed by atoms with Crippen molar-refractivity contribution in [3.63, 3.8) is 0 Å². The minimum Gasteiger partial charge on any atom is -0.447 e. The number of alkyl halides is 3. The predicted octanol–water partition coefficient (Wildman–Crippen LogP) is 5.48. The van der Waals surface area contributed by atoms with Crippen molar-refractivity contribution in [2.24, 2.45) is 0 Å². The molecule has 4 rings (SSSR count). The molecule has 206 valence electrons. The van der Waals surface area contributed by atoms with E-state index in [1.807, 2.05) is 12.1 Å². The number of rotatable bonds is 10. The molecule has 3 aromatic rings. The second kappa shape index (κ2) is 12.8. The second-order valence-electron chi connectivity index (χ2n) is 9.05. The molecule has 0 heterocycles. The average Bonchev–Trinajstić information content (AvgIpc) is 3.31. The van der Waals surface area contributed by atoms with E-state index < -0.39 is 17.8 Å². The highest BCUT2D eigenvalue weighted by atomic mass is 19.4. The summed E-state index contributed by atoms with van der Waals surface area (Å²) in [5.74, 6) is -0.380. The molecule has 2 N–H and O–H groups in total. The van der Waals surface area contributed by atoms with Gasteiger partial charge in [0, 0.05) is 24.4 Å². The Balaban J connectivity index is 1.35. The van der Waals surface area contributed by atoms with E-state index in [0.717, 1.165) is 23.3 Å². The molecule has 39 heavy (non-hydrogen) atoms. The normalized spacial score (nSPS) is 14.5. The predicted molar refractivity (Wildman–Crippen MR) is 140 cm³/mol. The first kappa shape index (κ1) is 28.1. The number of hydrogen-bond acceptors (Lipinski definition) is 5. The smallest absolute Gasteiger partial charge is 0.416 e. The zero-order valence-electron chi connectivity index (χ0n) is 21.3. The maximum absolute atomic E-state index is 13.1. The largest absolute Gasteiger partial charge is 0.447 e. The molecule has 0 aliphatic heterocycles. The van der Waals surface area contributed by atoms with Gasteiger partial charge in [0.2, 0.25) is 0 Å². The van der Waals surface area contributed by atoms with E-state index in [2.05, 4.69) is 10.6 Å². The molecule has 3 aromatic carbocycles. The van der Waals surface area contributed by atoms with Crippen molar-refractivity contribution in [3.8, 4) is 11.1 Å². The van der Waals surface area contributed by atoms with Crippen molar-refractivity contribution in [3.05, 3.63) is 89.0 Å². The number of ether oxygens (including phenoxy) is 3. The number of alkyl carbamates (subject to hydrolysis) is 1. The van der Waals surface area contributed by atoms with Gasteiger partial charge in [-0.1, -0.05) is 36.4 Å². The molecule has 0 saturated carbocycles. The molecular weight excluding hydrogens is 513 g/mol. The van der Waals surface area contributed by atoms with Gasteiger partial charge in [0.25, 0.3) is 5.91 Å². The first-order valence-electron chi connectivity index (χ1n) is 12.4. The summed E-state index contributed by atoms with van der Waals surface area (Å²) in [7, 11) is 1.58. The topological polar surface area (TPSA) is 85.9 Å². The monoisotopic (exact) mass is 542 g/mol. The third kappa shape index (κ3) is 7.58. The van der Waals surface area contributed by atoms with Crippen molar-refractivity contribution >= 4 is 17.7 Å². The Hall–Kier alpha value is -3.89. The van der Waals surface area contributed by atoms with Crippen LogP contribution in [0.1, 0.15) is 27.0 Å². The fraction of sp³-hybridized carbons (Fsp3) is 0.310. The molecule has 0 spiro atoms. The number of fused-ring (bicyclic) bond motifs is 1. The first-order valence-corrected chi connectivity index (χ1v) is 12.4. The molecule has 0 fully saturated rings. The lowest BCUT2D eigenvalue weighted by Gasteiger charge is -2.13. The van der Waals surface area contributed by atoms with Gasteiger partial charge in [-0.05, 0) is 65.4 Å². The highest BCUT2D eigenvalue weighted by Crippen LogP contribution is 2.32. The van der Waals surface area contributed by atoms with Crippen LogP contribution in [0.3, 0.4) is 0 Å². The molecule has 0 aromatic heterocycles. The zero-order chi connectivity index (χ0) is 27.8. The highest BCUT2D eigenvalue weighted by Gasteiger charge is 2.30. The third-order valence-electron chi connectivity index (χ3n) is 6.31. The fourth-order valence-corrected chi connectivity index (χ4v) is 4.41. The van der Waals surface area contributed by atoms with Gasteiger partial charge in [-0.25, -0.2) is 4.79 Å². The van der Waals surface area contributed by atoms with Gasteiger partial charge in [0.15, 0.2) is 0 Å². The molecule has 7 nitrogen and oxygen atoms in total. The van der Waals surface area contributed by atoms with E-state index in [1.54, 1.807) is 37.4 Å². The van der Waals surface area contributed by atoms with E-state index in [-0.39, 0.29) is 25.2 Å². The molecule has 1 unspecified atom stereocenters. The third-order valence-corrected chi connectivity index (χ3v) is 6.31. The molecule has 1 atom stereocenters. The Bertz CT molecular complexity index is 1290. The zero-order valence-corrected chi connectivity index (χ0v) is 21.3. The standard InChI is InChI=1S/C29H29F3N2O5/c1-37-12-13-38-14-15-39-28(36)34-24-16-20-8-11-23(17-21(20)18-24)33-27(35)26-5-3-2-4-25(26)19-6-9-22(10-7-19)29(30,31)32/h2-11,17,24H,12-16,18H2,1H3,(H,33,35)(H,34,36). The summed E-state index contributed by atoms with van der Waals surface area (Å²) < 4.78 is 54.1. The Labute approximate surface area is 224 Å². The van der Waals surface area contributed by atoms with E-state index in [4.69, 9.17) is 14.2 Å². The van der Waals surface area contributed by atoms with Gasteiger partial charge >= 0.3 is 12.3 Å². The lowest BCUT2D eigenvalue weighted by Crippen LogP contribution is -2.36. The van der Waals surface area contributed by atoms with Gasteiger partial charge in [-0.15, -0.1) is 0 Å². The Morgan fingerprint density at radius 3 is 2.36 bits per heavy atom. The fourth-order valence-electron chi connectivity index (χ4n) is 4.41. The minimum atomic E-state index is -4.43. The van der Waals surface area contributed by atoms with Crippen LogP contribution in [0.5, 0.6) is 0 Å². The Morgan fingerprint density at radius 2 is 1.62 bits per heavy atom. The SMILES string of the molecule is COCCOCCOC(=O)NC1Cc2ccc(NC(=O)c3ccccc3-c3ccc(C(F)(F)F)cc3)cc2C1. The average molecular weight is 543 g/mol. The van der Waals surface area contributed by atoms with Crippen molar-refractivity contribution < 1.29 is 37.0 Å². The van der Waals surface area contributed by atoms with Crippen LogP contribution in [0.15, 0.2) is 66.7 Å². The highest BCUT2D eigenvalue weighted by molar-refractivity contribution is 6.08. The minimum absolute atomic E-state index is 0.131. The summed E-state index contributed by atoms with van der Waals surface area (Å²) in [5.41, 5.74) is 3.26. The van der Waals surface area contributed by atoms with Crippen LogP contribution in [0.4, 0.5) is 23.7 Å². The van der Waals surface area contributed by atoms with E-state index >= 15 is 0 Å². The van der Waals surface area contributed by atoms with Crippen LogP contribution >= 0.6 is 0 Å². The molecule has 10 heteroatoms. The lowest BCUT2D eigenvalue weighted by molar-refractivity contribution is -0.137. The van der Waals surface area contributed by atoms with E-state index in [0.29, 0.717) is 48.4 Å². The summed E-state index contributed by atoms with van der Waals surface area (Å²) in [4.78, 5) is 25.2. The molecule has 1 aliphatic carbocycles. The number of amides is 2. The van der Waals surface area contributed by atoms with Crippen molar-refractivity contribution in [2.75, 3.05) is 38.9 Å². The van der Waals surface area contributed by atoms with Gasteiger partial charge in [-0.2, -0.15) is 13.2 Å². The second-order valence-corrected chi connectivity index (χ2v) is 9.05. The van der Waals surface area contributed by atoms with Crippen molar-refractivity contribution in [2.45, 2.75) is 25.1 Å². The van der Waals surface area contributed by atoms with Crippen LogP contribution in [-0.2, 0) is 33.2 Å². The Kier molecular flexibility index (Phi) is 9.21. The molecule has 0 bridgehead atoms. The summed E-state index contributed by atoms with van der Waals surface area (Å²) in [6.07, 6.45) is -3.73. The summed E-state index contributed by atoms with van der Waals surface area (Å²) in [6, 6.07) is 16.9. The molecule has 0 saturated heterocycles.